The van der Waals surface area contributed by atoms with Gasteiger partial charge in [-0.15, -0.1) is 0 Å². The number of anilines is 1. The van der Waals surface area contributed by atoms with Gasteiger partial charge in [-0.25, -0.2) is 8.42 Å². The molecule has 0 bridgehead atoms. The number of sulfonamides is 1. The van der Waals surface area contributed by atoms with Gasteiger partial charge in [-0.2, -0.15) is 0 Å². The van der Waals surface area contributed by atoms with Crippen molar-refractivity contribution in [2.45, 2.75) is 33.6 Å². The van der Waals surface area contributed by atoms with E-state index in [0.29, 0.717) is 24.4 Å². The second kappa shape index (κ2) is 8.06. The van der Waals surface area contributed by atoms with Crippen LogP contribution in [0.25, 0.3) is 0 Å². The average molecular weight is 309 g/mol. The fourth-order valence-electron chi connectivity index (χ4n) is 1.76. The van der Waals surface area contributed by atoms with Crippen LogP contribution in [0.5, 0.6) is 0 Å². The molecule has 0 heterocycles. The molecule has 0 radical (unpaired) electrons. The molecule has 0 fully saturated rings. The number of nitrogens with one attached hydrogen (secondary N) is 1. The lowest BCUT2D eigenvalue weighted by Gasteiger charge is -2.10. The van der Waals surface area contributed by atoms with Crippen molar-refractivity contribution in [2.75, 3.05) is 17.1 Å². The van der Waals surface area contributed by atoms with Gasteiger partial charge in [-0.3, -0.25) is 4.72 Å². The molecular formula is C16H23NO3S. The molecule has 0 aliphatic carbocycles. The summed E-state index contributed by atoms with van der Waals surface area (Å²) in [6, 6.07) is 5.38. The highest BCUT2D eigenvalue weighted by atomic mass is 32.2. The Morgan fingerprint density at radius 3 is 2.62 bits per heavy atom. The summed E-state index contributed by atoms with van der Waals surface area (Å²) in [5, 5.41) is 8.72. The lowest BCUT2D eigenvalue weighted by atomic mass is 10.1. The van der Waals surface area contributed by atoms with Gasteiger partial charge in [0.2, 0.25) is 10.0 Å². The first kappa shape index (κ1) is 17.5. The Balaban J connectivity index is 2.86. The van der Waals surface area contributed by atoms with Crippen LogP contribution in [0.4, 0.5) is 5.69 Å². The Morgan fingerprint density at radius 1 is 1.29 bits per heavy atom. The van der Waals surface area contributed by atoms with E-state index < -0.39 is 10.0 Å². The van der Waals surface area contributed by atoms with Gasteiger partial charge in [0.15, 0.2) is 0 Å². The summed E-state index contributed by atoms with van der Waals surface area (Å²) in [7, 11) is -3.33. The zero-order chi connectivity index (χ0) is 15.9. The summed E-state index contributed by atoms with van der Waals surface area (Å²) in [5.74, 6) is 6.21. The van der Waals surface area contributed by atoms with E-state index in [0.717, 1.165) is 11.1 Å². The minimum absolute atomic E-state index is 0.0213. The lowest BCUT2D eigenvalue weighted by molar-refractivity contribution is 0.305. The molecule has 116 valence electrons. The van der Waals surface area contributed by atoms with Crippen molar-refractivity contribution in [1.29, 1.82) is 0 Å². The highest BCUT2D eigenvalue weighted by molar-refractivity contribution is 7.92. The summed E-state index contributed by atoms with van der Waals surface area (Å²) >= 11 is 0. The van der Waals surface area contributed by atoms with Crippen molar-refractivity contribution in [1.82, 2.24) is 0 Å². The SMILES string of the molecule is Cc1cc(C#CCCO)cc(NS(=O)(=O)CCC(C)C)c1. The smallest absolute Gasteiger partial charge is 0.232 e. The van der Waals surface area contributed by atoms with Crippen LogP contribution in [0.2, 0.25) is 0 Å². The number of benzene rings is 1. The molecule has 0 saturated carbocycles. The van der Waals surface area contributed by atoms with Gasteiger partial charge in [-0.1, -0.05) is 25.7 Å². The molecule has 1 aromatic rings. The maximum absolute atomic E-state index is 12.0. The Kier molecular flexibility index (Phi) is 6.73. The van der Waals surface area contributed by atoms with Crippen molar-refractivity contribution in [2.24, 2.45) is 5.92 Å². The third-order valence-electron chi connectivity index (χ3n) is 2.78. The van der Waals surface area contributed by atoms with Crippen LogP contribution in [-0.4, -0.2) is 25.9 Å². The second-order valence-electron chi connectivity index (χ2n) is 5.47. The molecule has 1 aromatic carbocycles. The highest BCUT2D eigenvalue weighted by Gasteiger charge is 2.11. The van der Waals surface area contributed by atoms with E-state index in [1.54, 1.807) is 12.1 Å². The lowest BCUT2D eigenvalue weighted by Crippen LogP contribution is -2.18. The highest BCUT2D eigenvalue weighted by Crippen LogP contribution is 2.16. The molecule has 5 heteroatoms. The summed E-state index contributed by atoms with van der Waals surface area (Å²) in [5.41, 5.74) is 2.21. The normalized spacial score (nSPS) is 11.1. The van der Waals surface area contributed by atoms with Gasteiger partial charge < -0.3 is 5.11 Å². The molecule has 21 heavy (non-hydrogen) atoms. The van der Waals surface area contributed by atoms with Gasteiger partial charge in [0.25, 0.3) is 0 Å². The van der Waals surface area contributed by atoms with Crippen LogP contribution in [0.15, 0.2) is 18.2 Å². The van der Waals surface area contributed by atoms with E-state index in [1.165, 1.54) is 0 Å². The molecule has 2 N–H and O–H groups in total. The summed E-state index contributed by atoms with van der Waals surface area (Å²) < 4.78 is 26.6. The molecular weight excluding hydrogens is 286 g/mol. The number of hydrogen-bond acceptors (Lipinski definition) is 3. The van der Waals surface area contributed by atoms with Crippen molar-refractivity contribution >= 4 is 15.7 Å². The van der Waals surface area contributed by atoms with Crippen LogP contribution >= 0.6 is 0 Å². The van der Waals surface area contributed by atoms with Gasteiger partial charge in [0, 0.05) is 17.7 Å². The zero-order valence-corrected chi connectivity index (χ0v) is 13.6. The number of hydrogen-bond donors (Lipinski definition) is 2. The second-order valence-corrected chi connectivity index (χ2v) is 7.31. The van der Waals surface area contributed by atoms with Crippen LogP contribution < -0.4 is 4.72 Å². The fraction of sp³-hybridized carbons (Fsp3) is 0.500. The number of aliphatic hydroxyl groups excluding tert-OH is 1. The molecule has 0 aromatic heterocycles. The molecule has 0 atom stereocenters. The molecule has 0 aliphatic heterocycles. The Morgan fingerprint density at radius 2 is 2.00 bits per heavy atom. The largest absolute Gasteiger partial charge is 0.395 e. The van der Waals surface area contributed by atoms with E-state index in [-0.39, 0.29) is 12.4 Å². The third kappa shape index (κ3) is 7.16. The Bertz CT molecular complexity index is 625. The summed E-state index contributed by atoms with van der Waals surface area (Å²) in [6.07, 6.45) is 1.04. The maximum atomic E-state index is 12.0. The van der Waals surface area contributed by atoms with Crippen molar-refractivity contribution in [3.05, 3.63) is 29.3 Å². The standard InChI is InChI=1S/C16H23NO3S/c1-13(2)7-9-21(19,20)17-16-11-14(3)10-15(12-16)6-4-5-8-18/h10-13,17-18H,5,7-9H2,1-3H3. The van der Waals surface area contributed by atoms with E-state index in [1.807, 2.05) is 26.8 Å². The first-order valence-electron chi connectivity index (χ1n) is 7.04. The number of aryl methyl sites for hydroxylation is 1. The Labute approximate surface area is 127 Å². The molecule has 0 amide bonds. The summed E-state index contributed by atoms with van der Waals surface area (Å²) in [6.45, 7) is 5.91. The van der Waals surface area contributed by atoms with Gasteiger partial charge in [0.05, 0.1) is 12.4 Å². The third-order valence-corrected chi connectivity index (χ3v) is 4.10. The van der Waals surface area contributed by atoms with Crippen molar-refractivity contribution in [3.8, 4) is 11.8 Å². The molecule has 0 aliphatic rings. The van der Waals surface area contributed by atoms with Gasteiger partial charge in [-0.05, 0) is 43.0 Å². The topological polar surface area (TPSA) is 66.4 Å². The number of rotatable bonds is 6. The van der Waals surface area contributed by atoms with Crippen molar-refractivity contribution < 1.29 is 13.5 Å². The van der Waals surface area contributed by atoms with Gasteiger partial charge in [0.1, 0.15) is 0 Å². The minimum atomic E-state index is -3.33. The molecule has 4 nitrogen and oxygen atoms in total. The predicted molar refractivity (Wildman–Crippen MR) is 86.6 cm³/mol. The quantitative estimate of drug-likeness (QED) is 0.794. The van der Waals surface area contributed by atoms with Crippen molar-refractivity contribution in [3.63, 3.8) is 0 Å². The van der Waals surface area contributed by atoms with E-state index in [9.17, 15) is 8.42 Å². The van der Waals surface area contributed by atoms with Crippen LogP contribution in [0, 0.1) is 24.7 Å². The molecule has 0 saturated heterocycles. The molecule has 1 rings (SSSR count). The van der Waals surface area contributed by atoms with E-state index in [2.05, 4.69) is 16.6 Å². The summed E-state index contributed by atoms with van der Waals surface area (Å²) in [4.78, 5) is 0. The monoisotopic (exact) mass is 309 g/mol. The van der Waals surface area contributed by atoms with Gasteiger partial charge >= 0.3 is 0 Å². The van der Waals surface area contributed by atoms with E-state index >= 15 is 0 Å². The van der Waals surface area contributed by atoms with E-state index in [4.69, 9.17) is 5.11 Å². The predicted octanol–water partition coefficient (Wildman–Crippen LogP) is 2.52. The average Bonchev–Trinajstić information content (AvgIpc) is 2.35. The first-order chi connectivity index (χ1) is 9.82. The van der Waals surface area contributed by atoms with Crippen LogP contribution in [0.3, 0.4) is 0 Å². The Hall–Kier alpha value is -1.51. The molecule has 0 spiro atoms. The fourth-order valence-corrected chi connectivity index (χ4v) is 3.12. The minimum Gasteiger partial charge on any atom is -0.395 e. The van der Waals surface area contributed by atoms with Crippen LogP contribution in [-0.2, 0) is 10.0 Å². The molecule has 0 unspecified atom stereocenters. The zero-order valence-electron chi connectivity index (χ0n) is 12.8. The van der Waals surface area contributed by atoms with Crippen LogP contribution in [0.1, 0.15) is 37.8 Å². The maximum Gasteiger partial charge on any atom is 0.232 e. The first-order valence-corrected chi connectivity index (χ1v) is 8.69. The number of aliphatic hydroxyl groups is 1.